The van der Waals surface area contributed by atoms with E-state index in [1.54, 1.807) is 18.9 Å². The van der Waals surface area contributed by atoms with E-state index in [4.69, 9.17) is 16.3 Å². The Morgan fingerprint density at radius 2 is 2.08 bits per heavy atom. The zero-order chi connectivity index (χ0) is 17.0. The Hall–Kier alpha value is -1.67. The first kappa shape index (κ1) is 20.4. The predicted molar refractivity (Wildman–Crippen MR) is 88.8 cm³/mol. The van der Waals surface area contributed by atoms with Crippen molar-refractivity contribution in [3.05, 3.63) is 58.9 Å². The van der Waals surface area contributed by atoms with E-state index >= 15 is 0 Å². The number of hydrogen-bond donors (Lipinski definition) is 1. The first-order valence-corrected chi connectivity index (χ1v) is 7.37. The molecule has 0 saturated heterocycles. The van der Waals surface area contributed by atoms with Crippen LogP contribution in [0.25, 0.3) is 0 Å². The number of halogens is 2. The third-order valence-electron chi connectivity index (χ3n) is 3.55. The molecule has 0 aromatic heterocycles. The summed E-state index contributed by atoms with van der Waals surface area (Å²) in [6.45, 7) is 1.90. The number of nitrogens with zero attached hydrogens (tertiary/aromatic N) is 1. The maximum atomic E-state index is 13.4. The average molecular weight is 346 g/mol. The van der Waals surface area contributed by atoms with Gasteiger partial charge in [-0.3, -0.25) is 0 Å². The zero-order valence-corrected chi connectivity index (χ0v) is 14.5. The normalized spacial score (nSPS) is 11.3. The summed E-state index contributed by atoms with van der Waals surface area (Å²) in [5.74, 6) is -0.837. The van der Waals surface area contributed by atoms with Crippen LogP contribution in [0.3, 0.4) is 0 Å². The number of methoxy groups -OCH3 is 1. The van der Waals surface area contributed by atoms with E-state index in [1.807, 2.05) is 24.3 Å². The summed E-state index contributed by atoms with van der Waals surface area (Å²) in [5.41, 5.74) is 1.41. The molecule has 0 unspecified atom stereocenters. The number of rotatable bonds is 6. The number of benzene rings is 2. The molecule has 0 fully saturated rings. The Bertz CT molecular complexity index is 720. The number of carboxylic acids is 1. The van der Waals surface area contributed by atoms with Crippen molar-refractivity contribution in [2.45, 2.75) is 19.5 Å². The van der Waals surface area contributed by atoms with E-state index in [0.717, 1.165) is 5.56 Å². The molecule has 1 atom stereocenters. The molecule has 2 aromatic rings. The zero-order valence-electron chi connectivity index (χ0n) is 14.8. The fraction of sp³-hybridized carbons (Fsp3) is 0.235. The summed E-state index contributed by atoms with van der Waals surface area (Å²) in [7, 11) is 1.57. The van der Waals surface area contributed by atoms with Crippen LogP contribution in [0.4, 0.5) is 10.1 Å². The number of hydrogen-bond acceptors (Lipinski definition) is 3. The minimum absolute atomic E-state index is 0. The molecule has 4 nitrogen and oxygen atoms in total. The SMILES string of the molecule is COc1cccc(CN(c2ccc(F)c(Cl)c2)[C@@H](C)C(=O)O)c1.[H-].[Li+]. The molecule has 0 bridgehead atoms. The second-order valence-electron chi connectivity index (χ2n) is 5.09. The molecular weight excluding hydrogens is 328 g/mol. The topological polar surface area (TPSA) is 49.8 Å². The molecule has 0 saturated carbocycles. The van der Waals surface area contributed by atoms with Crippen molar-refractivity contribution in [1.29, 1.82) is 0 Å². The molecule has 0 spiro atoms. The van der Waals surface area contributed by atoms with Crippen LogP contribution < -0.4 is 28.5 Å². The van der Waals surface area contributed by atoms with Crippen molar-refractivity contribution < 1.29 is 39.3 Å². The summed E-state index contributed by atoms with van der Waals surface area (Å²) in [6.07, 6.45) is 0. The van der Waals surface area contributed by atoms with Crippen LogP contribution in [-0.2, 0) is 11.3 Å². The quantitative estimate of drug-likeness (QED) is 0.796. The van der Waals surface area contributed by atoms with Crippen LogP contribution in [0.1, 0.15) is 13.9 Å². The van der Waals surface area contributed by atoms with Gasteiger partial charge in [-0.1, -0.05) is 23.7 Å². The average Bonchev–Trinajstić information content (AvgIpc) is 2.54. The van der Waals surface area contributed by atoms with Crippen LogP contribution in [0.15, 0.2) is 42.5 Å². The monoisotopic (exact) mass is 345 g/mol. The minimum Gasteiger partial charge on any atom is -1.00 e. The molecule has 7 heteroatoms. The maximum Gasteiger partial charge on any atom is 1.00 e. The molecule has 0 aliphatic rings. The Labute approximate surface area is 158 Å². The van der Waals surface area contributed by atoms with Crippen LogP contribution in [-0.4, -0.2) is 24.2 Å². The fourth-order valence-corrected chi connectivity index (χ4v) is 2.39. The Balaban J connectivity index is 0.00000288. The fourth-order valence-electron chi connectivity index (χ4n) is 2.22. The van der Waals surface area contributed by atoms with Gasteiger partial charge in [-0.15, -0.1) is 0 Å². The van der Waals surface area contributed by atoms with E-state index in [2.05, 4.69) is 0 Å². The van der Waals surface area contributed by atoms with Gasteiger partial charge >= 0.3 is 24.8 Å². The smallest absolute Gasteiger partial charge is 1.00 e. The number of carboxylic acid groups (broad SMARTS) is 1. The summed E-state index contributed by atoms with van der Waals surface area (Å²) >= 11 is 5.82. The second-order valence-corrected chi connectivity index (χ2v) is 5.50. The molecule has 0 aliphatic carbocycles. The summed E-state index contributed by atoms with van der Waals surface area (Å²) in [6, 6.07) is 10.7. The van der Waals surface area contributed by atoms with E-state index in [1.165, 1.54) is 18.2 Å². The van der Waals surface area contributed by atoms with Gasteiger partial charge < -0.3 is 16.2 Å². The molecule has 2 rings (SSSR count). The molecule has 1 N–H and O–H groups in total. The van der Waals surface area contributed by atoms with Crippen molar-refractivity contribution in [1.82, 2.24) is 0 Å². The van der Waals surface area contributed by atoms with Gasteiger partial charge in [-0.25, -0.2) is 9.18 Å². The minimum atomic E-state index is -0.978. The maximum absolute atomic E-state index is 13.4. The number of ether oxygens (including phenoxy) is 1. The van der Waals surface area contributed by atoms with Crippen molar-refractivity contribution in [2.24, 2.45) is 0 Å². The van der Waals surface area contributed by atoms with Gasteiger partial charge in [-0.05, 0) is 42.8 Å². The van der Waals surface area contributed by atoms with Gasteiger partial charge in [0.05, 0.1) is 12.1 Å². The Morgan fingerprint density at radius 1 is 1.38 bits per heavy atom. The van der Waals surface area contributed by atoms with Crippen LogP contribution in [0, 0.1) is 5.82 Å². The van der Waals surface area contributed by atoms with Crippen molar-refractivity contribution in [2.75, 3.05) is 12.0 Å². The molecule has 2 aromatic carbocycles. The molecule has 24 heavy (non-hydrogen) atoms. The first-order valence-electron chi connectivity index (χ1n) is 7.00. The van der Waals surface area contributed by atoms with Gasteiger partial charge in [0.15, 0.2) is 0 Å². The molecule has 0 amide bonds. The summed E-state index contributed by atoms with van der Waals surface area (Å²) in [5, 5.41) is 9.30. The largest absolute Gasteiger partial charge is 1.00 e. The van der Waals surface area contributed by atoms with Gasteiger partial charge in [-0.2, -0.15) is 0 Å². The Kier molecular flexibility index (Phi) is 7.62. The van der Waals surface area contributed by atoms with Crippen molar-refractivity contribution in [3.63, 3.8) is 0 Å². The van der Waals surface area contributed by atoms with Crippen molar-refractivity contribution in [3.8, 4) is 5.75 Å². The molecule has 0 heterocycles. The van der Waals surface area contributed by atoms with E-state index in [-0.39, 0.29) is 25.3 Å². The number of anilines is 1. The number of aliphatic carboxylic acids is 1. The Morgan fingerprint density at radius 3 is 2.67 bits per heavy atom. The third-order valence-corrected chi connectivity index (χ3v) is 3.84. The van der Waals surface area contributed by atoms with Gasteiger partial charge in [0.25, 0.3) is 0 Å². The van der Waals surface area contributed by atoms with Crippen LogP contribution in [0.5, 0.6) is 5.75 Å². The standard InChI is InChI=1S/C17H17ClFNO3.Li.H/c1-11(17(21)22)20(13-6-7-16(19)15(18)9-13)10-12-4-3-5-14(8-12)23-2;;/h3-9,11H,10H2,1-2H3,(H,21,22);;/q;+1;-1/t11-;;/m0../s1. The van der Waals surface area contributed by atoms with Crippen molar-refractivity contribution >= 4 is 23.3 Å². The second kappa shape index (κ2) is 8.98. The van der Waals surface area contributed by atoms with Gasteiger partial charge in [0, 0.05) is 12.2 Å². The third kappa shape index (κ3) is 4.91. The van der Waals surface area contributed by atoms with Crippen LogP contribution in [0.2, 0.25) is 5.02 Å². The van der Waals surface area contributed by atoms with Gasteiger partial charge in [0.1, 0.15) is 17.6 Å². The van der Waals surface area contributed by atoms with E-state index < -0.39 is 17.8 Å². The molecular formula is C17H18ClFLiNO3. The summed E-state index contributed by atoms with van der Waals surface area (Å²) in [4.78, 5) is 13.0. The molecule has 124 valence electrons. The van der Waals surface area contributed by atoms with Gasteiger partial charge in [0.2, 0.25) is 0 Å². The first-order chi connectivity index (χ1) is 10.9. The molecule has 0 radical (unpaired) electrons. The van der Waals surface area contributed by atoms with E-state index in [9.17, 15) is 14.3 Å². The van der Waals surface area contributed by atoms with Crippen LogP contribution >= 0.6 is 11.6 Å². The number of carbonyl (C=O) groups is 1. The summed E-state index contributed by atoms with van der Waals surface area (Å²) < 4.78 is 18.5. The predicted octanol–water partition coefficient (Wildman–Crippen LogP) is 1.08. The van der Waals surface area contributed by atoms with E-state index in [0.29, 0.717) is 18.0 Å². The molecule has 0 aliphatic heterocycles.